The molecule has 2 aliphatic carbocycles. The summed E-state index contributed by atoms with van der Waals surface area (Å²) >= 11 is 0. The molecule has 0 saturated carbocycles. The van der Waals surface area contributed by atoms with Crippen LogP contribution in [0.5, 0.6) is 0 Å². The van der Waals surface area contributed by atoms with E-state index in [9.17, 15) is 28.8 Å². The predicted octanol–water partition coefficient (Wildman–Crippen LogP) is 4.73. The summed E-state index contributed by atoms with van der Waals surface area (Å²) in [6.45, 7) is 4.50. The maximum atomic E-state index is 13.7. The zero-order valence-corrected chi connectivity index (χ0v) is 32.6. The van der Waals surface area contributed by atoms with Crippen LogP contribution in [0.15, 0.2) is 72.9 Å². The minimum atomic E-state index is -0.427. The zero-order chi connectivity index (χ0) is 39.6. The van der Waals surface area contributed by atoms with Gasteiger partial charge in [-0.15, -0.1) is 0 Å². The highest BCUT2D eigenvalue weighted by molar-refractivity contribution is 6.33. The summed E-state index contributed by atoms with van der Waals surface area (Å²) in [5.74, 6) is -0.901. The molecule has 0 fully saturated rings. The summed E-state index contributed by atoms with van der Waals surface area (Å²) in [6.07, 6.45) is 21.8. The minimum absolute atomic E-state index is 0.0573. The summed E-state index contributed by atoms with van der Waals surface area (Å²) in [5.41, 5.74) is 1.28. The van der Waals surface area contributed by atoms with E-state index in [1.165, 1.54) is 9.80 Å². The van der Waals surface area contributed by atoms with E-state index in [-0.39, 0.29) is 24.9 Å². The van der Waals surface area contributed by atoms with Gasteiger partial charge in [0.15, 0.2) is 0 Å². The Morgan fingerprint density at radius 2 is 0.857 bits per heavy atom. The predicted molar refractivity (Wildman–Crippen MR) is 216 cm³/mol. The number of carbonyl (C=O) groups excluding carboxylic acids is 6. The Morgan fingerprint density at radius 3 is 1.20 bits per heavy atom. The van der Waals surface area contributed by atoms with Gasteiger partial charge in [-0.25, -0.2) is 0 Å². The average Bonchev–Trinajstić information content (AvgIpc) is 3.93. The lowest BCUT2D eigenvalue weighted by Gasteiger charge is -2.32. The van der Waals surface area contributed by atoms with Gasteiger partial charge in [0.2, 0.25) is 11.8 Å². The number of nitrogens with zero attached hydrogens (tertiary/aromatic N) is 4. The lowest BCUT2D eigenvalue weighted by Crippen LogP contribution is -2.44. The van der Waals surface area contributed by atoms with Crippen LogP contribution in [0.4, 0.5) is 0 Å². The third-order valence-corrected chi connectivity index (χ3v) is 11.0. The Bertz CT molecular complexity index is 1730. The van der Waals surface area contributed by atoms with E-state index in [1.54, 1.807) is 24.3 Å². The van der Waals surface area contributed by atoms with Crippen molar-refractivity contribution in [3.63, 3.8) is 0 Å². The van der Waals surface area contributed by atoms with Gasteiger partial charge in [0.25, 0.3) is 23.6 Å². The average molecular weight is 763 g/mol. The summed E-state index contributed by atoms with van der Waals surface area (Å²) in [4.78, 5) is 85.9. The quantitative estimate of drug-likeness (QED) is 0.130. The summed E-state index contributed by atoms with van der Waals surface area (Å²) < 4.78 is 0. The maximum absolute atomic E-state index is 13.7. The third kappa shape index (κ3) is 9.78. The first-order chi connectivity index (χ1) is 27.1. The molecule has 0 aromatic heterocycles. The summed E-state index contributed by atoms with van der Waals surface area (Å²) in [6, 6.07) is 6.43. The van der Waals surface area contributed by atoms with Crippen LogP contribution in [0.3, 0.4) is 0 Å². The molecule has 296 valence electrons. The van der Waals surface area contributed by atoms with E-state index in [0.29, 0.717) is 96.7 Å². The second-order valence-corrected chi connectivity index (χ2v) is 15.3. The molecule has 2 N–H and O–H groups in total. The van der Waals surface area contributed by atoms with E-state index in [2.05, 4.69) is 44.7 Å². The molecule has 6 rings (SSSR count). The van der Waals surface area contributed by atoms with E-state index in [0.717, 1.165) is 38.8 Å². The van der Waals surface area contributed by atoms with Crippen LogP contribution in [-0.2, 0) is 9.59 Å². The molecule has 4 aliphatic rings. The van der Waals surface area contributed by atoms with Gasteiger partial charge in [-0.3, -0.25) is 38.6 Å². The summed E-state index contributed by atoms with van der Waals surface area (Å²) in [5, 5.41) is 6.73. The summed E-state index contributed by atoms with van der Waals surface area (Å²) in [7, 11) is 3.96. The fourth-order valence-electron chi connectivity index (χ4n) is 7.87. The van der Waals surface area contributed by atoms with E-state index < -0.39 is 23.6 Å². The van der Waals surface area contributed by atoms with Gasteiger partial charge in [-0.05, 0) is 115 Å². The Kier molecular flexibility index (Phi) is 13.8. The van der Waals surface area contributed by atoms with Crippen molar-refractivity contribution in [3.8, 4) is 0 Å². The molecule has 0 radical (unpaired) electrons. The first kappa shape index (κ1) is 40.5. The van der Waals surface area contributed by atoms with Crippen molar-refractivity contribution in [2.45, 2.75) is 51.4 Å². The topological polar surface area (TPSA) is 139 Å². The second-order valence-electron chi connectivity index (χ2n) is 15.3. The second kappa shape index (κ2) is 19.1. The van der Waals surface area contributed by atoms with Crippen LogP contribution in [0.25, 0.3) is 10.8 Å². The number of rotatable bonds is 22. The zero-order valence-electron chi connectivity index (χ0n) is 32.6. The molecule has 0 bridgehead atoms. The minimum Gasteiger partial charge on any atom is -0.356 e. The largest absolute Gasteiger partial charge is 0.356 e. The van der Waals surface area contributed by atoms with Crippen molar-refractivity contribution in [2.75, 3.05) is 66.5 Å². The molecule has 2 aromatic rings. The third-order valence-electron chi connectivity index (χ3n) is 11.0. The number of hydrogen-bond acceptors (Lipinski definition) is 8. The SMILES string of the molecule is CN(CCCNC(=O)CCC1C=CC=C1)CCCN1C(=O)c2ccc3c4c(ccc(c24)C1=O)C(=O)N(CCCN(C)CCCNC(=O)CCC1C=CC=C1)C3=O. The highest BCUT2D eigenvalue weighted by Gasteiger charge is 2.39. The Labute approximate surface area is 329 Å². The molecule has 6 amide bonds. The number of allylic oxidation sites excluding steroid dienone is 8. The molecule has 2 heterocycles. The fourth-order valence-corrected chi connectivity index (χ4v) is 7.87. The smallest absolute Gasteiger partial charge is 0.261 e. The highest BCUT2D eigenvalue weighted by Crippen LogP contribution is 2.38. The lowest BCUT2D eigenvalue weighted by molar-refractivity contribution is -0.122. The highest BCUT2D eigenvalue weighted by atomic mass is 16.2. The number of nitrogens with one attached hydrogen (secondary N) is 2. The van der Waals surface area contributed by atoms with Crippen LogP contribution in [0.1, 0.15) is 92.8 Å². The van der Waals surface area contributed by atoms with Gasteiger partial charge < -0.3 is 20.4 Å². The Balaban J connectivity index is 0.941. The van der Waals surface area contributed by atoms with Crippen LogP contribution in [0.2, 0.25) is 0 Å². The molecular formula is C44H54N6O6. The fraction of sp³-hybridized carbons (Fsp3) is 0.455. The number of imide groups is 2. The van der Waals surface area contributed by atoms with Crippen molar-refractivity contribution in [1.29, 1.82) is 0 Å². The maximum Gasteiger partial charge on any atom is 0.261 e. The van der Waals surface area contributed by atoms with Crippen LogP contribution < -0.4 is 10.6 Å². The molecule has 0 unspecified atom stereocenters. The van der Waals surface area contributed by atoms with Crippen molar-refractivity contribution in [1.82, 2.24) is 30.2 Å². The lowest BCUT2D eigenvalue weighted by atomic mass is 9.86. The molecule has 56 heavy (non-hydrogen) atoms. The van der Waals surface area contributed by atoms with Crippen LogP contribution in [0, 0.1) is 11.8 Å². The number of amides is 6. The standard InChI is InChI=1S/C44H54N6O6/c1-47(25-7-23-45-37(51)21-15-31-11-3-4-12-31)27-9-29-49-41(53)33-17-19-35-40-36(20-18-34(39(33)40)42(49)54)44(56)50(43(35)55)30-10-28-48(2)26-8-24-46-38(52)22-16-32-13-5-6-14-32/h3-6,11-14,17-20,31-32H,7-10,15-16,21-30H2,1-2H3,(H,45,51)(H,46,52). The first-order valence-electron chi connectivity index (χ1n) is 20.0. The van der Waals surface area contributed by atoms with E-state index in [1.807, 2.05) is 38.4 Å². The van der Waals surface area contributed by atoms with Gasteiger partial charge in [0.05, 0.1) is 0 Å². The van der Waals surface area contributed by atoms with Crippen LogP contribution >= 0.6 is 0 Å². The number of benzene rings is 2. The molecule has 2 aromatic carbocycles. The van der Waals surface area contributed by atoms with Crippen molar-refractivity contribution < 1.29 is 28.8 Å². The molecule has 0 atom stereocenters. The number of hydrogen-bond donors (Lipinski definition) is 2. The van der Waals surface area contributed by atoms with Gasteiger partial charge in [0, 0.05) is 72.0 Å². The molecular weight excluding hydrogens is 709 g/mol. The van der Waals surface area contributed by atoms with Gasteiger partial charge in [-0.2, -0.15) is 0 Å². The van der Waals surface area contributed by atoms with Crippen molar-refractivity contribution >= 4 is 46.2 Å². The van der Waals surface area contributed by atoms with Gasteiger partial charge in [0.1, 0.15) is 0 Å². The number of carbonyl (C=O) groups is 6. The van der Waals surface area contributed by atoms with Gasteiger partial charge in [-0.1, -0.05) is 48.6 Å². The normalized spacial score (nSPS) is 16.2. The van der Waals surface area contributed by atoms with Crippen molar-refractivity contribution in [2.24, 2.45) is 11.8 Å². The molecule has 2 aliphatic heterocycles. The Morgan fingerprint density at radius 1 is 0.536 bits per heavy atom. The molecule has 0 saturated heterocycles. The monoisotopic (exact) mass is 762 g/mol. The first-order valence-corrected chi connectivity index (χ1v) is 20.0. The molecule has 0 spiro atoms. The Hall–Kier alpha value is -5.20. The van der Waals surface area contributed by atoms with Gasteiger partial charge >= 0.3 is 0 Å². The molecule has 12 nitrogen and oxygen atoms in total. The molecule has 12 heteroatoms. The van der Waals surface area contributed by atoms with Crippen molar-refractivity contribution in [3.05, 3.63) is 95.1 Å². The van der Waals surface area contributed by atoms with E-state index in [4.69, 9.17) is 0 Å². The van der Waals surface area contributed by atoms with Crippen LogP contribution in [-0.4, -0.2) is 121 Å². The van der Waals surface area contributed by atoms with E-state index >= 15 is 0 Å².